The van der Waals surface area contributed by atoms with E-state index in [4.69, 9.17) is 9.47 Å². The molecule has 3 aliphatic carbocycles. The Morgan fingerprint density at radius 3 is 2.69 bits per heavy atom. The first-order valence-electron chi connectivity index (χ1n) is 12.9. The van der Waals surface area contributed by atoms with Gasteiger partial charge in [0.15, 0.2) is 11.9 Å². The second-order valence-electron chi connectivity index (χ2n) is 12.1. The Morgan fingerprint density at radius 2 is 1.94 bits per heavy atom. The number of hydrogen-bond donors (Lipinski definition) is 2. The van der Waals surface area contributed by atoms with E-state index in [1.807, 2.05) is 0 Å². The smallest absolute Gasteiger partial charge is 0.303 e. The maximum absolute atomic E-state index is 13.3. The fraction of sp³-hybridized carbons (Fsp3) is 0.586. The number of fused-ring (bicyclic) bond motifs is 9. The number of carbonyl (C=O) groups is 2. The predicted octanol–water partition coefficient (Wildman–Crippen LogP) is 4.53. The minimum Gasteiger partial charge on any atom is -0.457 e. The van der Waals surface area contributed by atoms with Crippen molar-refractivity contribution in [1.82, 2.24) is 4.98 Å². The van der Waals surface area contributed by atoms with Crippen LogP contribution < -0.4 is 0 Å². The third-order valence-corrected chi connectivity index (χ3v) is 10.1. The van der Waals surface area contributed by atoms with Crippen molar-refractivity contribution >= 4 is 22.7 Å². The summed E-state index contributed by atoms with van der Waals surface area (Å²) in [5.41, 5.74) is 1.55. The normalized spacial score (nSPS) is 38.3. The first kappa shape index (κ1) is 23.0. The van der Waals surface area contributed by atoms with E-state index in [1.165, 1.54) is 23.6 Å². The average Bonchev–Trinajstić information content (AvgIpc) is 3.29. The molecule has 6 atom stereocenters. The van der Waals surface area contributed by atoms with Crippen molar-refractivity contribution in [3.63, 3.8) is 0 Å². The van der Waals surface area contributed by atoms with Gasteiger partial charge in [0, 0.05) is 34.4 Å². The van der Waals surface area contributed by atoms with Gasteiger partial charge in [0.1, 0.15) is 5.60 Å². The number of para-hydroxylation sites is 1. The molecule has 0 bridgehead atoms. The lowest BCUT2D eigenvalue weighted by Crippen LogP contribution is -2.68. The SMILES string of the molecule is CC(=O)OC(C)(C)[C@H]1O[C@H]2CC[C@@]3(C)[C@@](O)(CC[C@H]4Cc5c([nH]c6ccccc56)[C@@]43C)C2=CC1=O. The van der Waals surface area contributed by atoms with Gasteiger partial charge in [0.2, 0.25) is 0 Å². The Balaban J connectivity index is 1.44. The number of ether oxygens (including phenoxy) is 2. The number of hydrogen-bond acceptors (Lipinski definition) is 5. The lowest BCUT2D eigenvalue weighted by atomic mass is 9.42. The molecule has 2 saturated carbocycles. The maximum Gasteiger partial charge on any atom is 0.303 e. The van der Waals surface area contributed by atoms with Crippen LogP contribution in [0.5, 0.6) is 0 Å². The molecule has 2 N–H and O–H groups in total. The summed E-state index contributed by atoms with van der Waals surface area (Å²) < 4.78 is 11.8. The first-order chi connectivity index (χ1) is 16.4. The van der Waals surface area contributed by atoms with Crippen molar-refractivity contribution in [1.29, 1.82) is 0 Å². The zero-order valence-corrected chi connectivity index (χ0v) is 21.2. The molecule has 6 rings (SSSR count). The van der Waals surface area contributed by atoms with Gasteiger partial charge in [0.25, 0.3) is 0 Å². The van der Waals surface area contributed by atoms with Crippen molar-refractivity contribution in [3.05, 3.63) is 47.2 Å². The number of nitrogens with one attached hydrogen (secondary N) is 1. The zero-order chi connectivity index (χ0) is 25.0. The number of aliphatic hydroxyl groups is 1. The summed E-state index contributed by atoms with van der Waals surface area (Å²) in [6, 6.07) is 8.47. The van der Waals surface area contributed by atoms with E-state index < -0.39 is 28.7 Å². The number of rotatable bonds is 2. The van der Waals surface area contributed by atoms with Crippen LogP contribution in [0.15, 0.2) is 35.9 Å². The highest BCUT2D eigenvalue weighted by molar-refractivity contribution is 5.96. The summed E-state index contributed by atoms with van der Waals surface area (Å²) in [6.07, 6.45) is 4.37. The molecule has 2 heterocycles. The van der Waals surface area contributed by atoms with Crippen LogP contribution in [0.1, 0.15) is 71.6 Å². The number of H-pyrrole nitrogens is 1. The Bertz CT molecular complexity index is 1290. The number of carbonyl (C=O) groups excluding carboxylic acids is 2. The largest absolute Gasteiger partial charge is 0.457 e. The van der Waals surface area contributed by atoms with Crippen molar-refractivity contribution in [2.75, 3.05) is 0 Å². The van der Waals surface area contributed by atoms with Crippen molar-refractivity contribution in [2.45, 2.75) is 95.5 Å². The Hall–Kier alpha value is -2.44. The number of ketones is 1. The molecule has 2 aromatic rings. The molecule has 186 valence electrons. The standard InChI is InChI=1S/C29H35NO5/c1-16(31)35-26(2,3)25-22(32)15-20-23(34-25)11-12-27(4)28(5)17(10-13-29(20,27)33)14-19-18-8-6-7-9-21(18)30-24(19)28/h6-9,15,17,23,25,30,33H,10-14H2,1-5H3/t17-,23-,25-,27+,28+,29+/m0/s1. The third-order valence-electron chi connectivity index (χ3n) is 10.1. The highest BCUT2D eigenvalue weighted by Gasteiger charge is 2.70. The summed E-state index contributed by atoms with van der Waals surface area (Å²) in [4.78, 5) is 28.7. The zero-order valence-electron chi connectivity index (χ0n) is 21.2. The molecule has 1 aliphatic heterocycles. The molecule has 4 aliphatic rings. The second-order valence-corrected chi connectivity index (χ2v) is 12.1. The van der Waals surface area contributed by atoms with Crippen LogP contribution in [-0.4, -0.2) is 45.3 Å². The van der Waals surface area contributed by atoms with Crippen LogP contribution in [0.2, 0.25) is 0 Å². The van der Waals surface area contributed by atoms with Gasteiger partial charge in [-0.1, -0.05) is 32.0 Å². The van der Waals surface area contributed by atoms with Crippen LogP contribution in [0.4, 0.5) is 0 Å². The van der Waals surface area contributed by atoms with Crippen molar-refractivity contribution < 1.29 is 24.2 Å². The minimum atomic E-state index is -1.15. The van der Waals surface area contributed by atoms with Crippen LogP contribution in [0, 0.1) is 11.3 Å². The highest BCUT2D eigenvalue weighted by Crippen LogP contribution is 2.69. The number of aromatic nitrogens is 1. The average molecular weight is 478 g/mol. The van der Waals surface area contributed by atoms with Gasteiger partial charge in [-0.05, 0) is 75.1 Å². The van der Waals surface area contributed by atoms with Gasteiger partial charge in [-0.15, -0.1) is 0 Å². The molecule has 6 nitrogen and oxygen atoms in total. The quantitative estimate of drug-likeness (QED) is 0.621. The third kappa shape index (κ3) is 2.78. The van der Waals surface area contributed by atoms with Gasteiger partial charge < -0.3 is 19.6 Å². The van der Waals surface area contributed by atoms with Crippen LogP contribution in [0.25, 0.3) is 10.9 Å². The van der Waals surface area contributed by atoms with E-state index in [1.54, 1.807) is 19.9 Å². The predicted molar refractivity (Wildman–Crippen MR) is 132 cm³/mol. The molecule has 2 fully saturated rings. The fourth-order valence-corrected chi connectivity index (χ4v) is 8.23. The molecule has 0 amide bonds. The molecule has 35 heavy (non-hydrogen) atoms. The fourth-order valence-electron chi connectivity index (χ4n) is 8.23. The molecular weight excluding hydrogens is 442 g/mol. The summed E-state index contributed by atoms with van der Waals surface area (Å²) in [7, 11) is 0. The maximum atomic E-state index is 13.3. The van der Waals surface area contributed by atoms with Crippen LogP contribution in [-0.2, 0) is 30.9 Å². The summed E-state index contributed by atoms with van der Waals surface area (Å²) in [5.74, 6) is -0.255. The lowest BCUT2D eigenvalue weighted by molar-refractivity contribution is -0.202. The Labute approximate surface area is 206 Å². The first-order valence-corrected chi connectivity index (χ1v) is 12.9. The van der Waals surface area contributed by atoms with E-state index in [0.717, 1.165) is 24.8 Å². The van der Waals surface area contributed by atoms with E-state index in [9.17, 15) is 14.7 Å². The Kier molecular flexibility index (Phi) is 4.64. The van der Waals surface area contributed by atoms with Crippen LogP contribution in [0.3, 0.4) is 0 Å². The van der Waals surface area contributed by atoms with E-state index in [0.29, 0.717) is 24.3 Å². The molecule has 6 heteroatoms. The summed E-state index contributed by atoms with van der Waals surface area (Å²) in [5, 5.41) is 13.8. The molecule has 0 unspecified atom stereocenters. The monoisotopic (exact) mass is 477 g/mol. The second kappa shape index (κ2) is 7.07. The molecule has 1 aromatic heterocycles. The molecule has 0 spiro atoms. The van der Waals surface area contributed by atoms with E-state index in [2.05, 4.69) is 43.1 Å². The number of esters is 1. The lowest BCUT2D eigenvalue weighted by Gasteiger charge is -2.64. The van der Waals surface area contributed by atoms with Gasteiger partial charge in [-0.3, -0.25) is 9.59 Å². The molecular formula is C29H35NO5. The molecule has 0 radical (unpaired) electrons. The van der Waals surface area contributed by atoms with E-state index in [-0.39, 0.29) is 17.3 Å². The summed E-state index contributed by atoms with van der Waals surface area (Å²) >= 11 is 0. The Morgan fingerprint density at radius 1 is 1.20 bits per heavy atom. The topological polar surface area (TPSA) is 88.6 Å². The minimum absolute atomic E-state index is 0.245. The number of aromatic amines is 1. The number of benzene rings is 1. The van der Waals surface area contributed by atoms with Crippen LogP contribution >= 0.6 is 0 Å². The summed E-state index contributed by atoms with van der Waals surface area (Å²) in [6.45, 7) is 9.29. The van der Waals surface area contributed by atoms with Gasteiger partial charge in [-0.25, -0.2) is 0 Å². The van der Waals surface area contributed by atoms with Gasteiger partial charge in [-0.2, -0.15) is 0 Å². The van der Waals surface area contributed by atoms with Crippen molar-refractivity contribution in [3.8, 4) is 0 Å². The van der Waals surface area contributed by atoms with Gasteiger partial charge >= 0.3 is 5.97 Å². The van der Waals surface area contributed by atoms with Crippen molar-refractivity contribution in [2.24, 2.45) is 11.3 Å². The molecule has 0 saturated heterocycles. The van der Waals surface area contributed by atoms with E-state index >= 15 is 0 Å². The highest BCUT2D eigenvalue weighted by atomic mass is 16.6. The van der Waals surface area contributed by atoms with Gasteiger partial charge in [0.05, 0.1) is 11.7 Å². The molecule has 1 aromatic carbocycles.